The minimum absolute atomic E-state index is 0.216. The van der Waals surface area contributed by atoms with E-state index in [4.69, 9.17) is 34.8 Å². The van der Waals surface area contributed by atoms with Crippen molar-refractivity contribution < 1.29 is 4.79 Å². The molecule has 2 aromatic rings. The van der Waals surface area contributed by atoms with Crippen LogP contribution in [-0.2, 0) is 4.79 Å². The SMILES string of the molecule is CCCCSc1nnc(SC(C)C(=O)Nc2c(Cl)cc(Cl)cc2Cl)s1. The number of carbonyl (C=O) groups is 1. The minimum atomic E-state index is -0.371. The molecule has 10 heteroatoms. The van der Waals surface area contributed by atoms with Gasteiger partial charge in [-0.1, -0.05) is 83.0 Å². The number of carbonyl (C=O) groups excluding carboxylic acids is 1. The Balaban J connectivity index is 1.94. The monoisotopic (exact) mass is 455 g/mol. The van der Waals surface area contributed by atoms with Crippen LogP contribution in [0.25, 0.3) is 0 Å². The van der Waals surface area contributed by atoms with Crippen LogP contribution in [0.1, 0.15) is 26.7 Å². The number of hydrogen-bond donors (Lipinski definition) is 1. The number of thioether (sulfide) groups is 2. The van der Waals surface area contributed by atoms with E-state index in [2.05, 4.69) is 22.4 Å². The lowest BCUT2D eigenvalue weighted by molar-refractivity contribution is -0.115. The van der Waals surface area contributed by atoms with E-state index in [9.17, 15) is 4.79 Å². The van der Waals surface area contributed by atoms with Gasteiger partial charge in [-0.25, -0.2) is 0 Å². The molecule has 0 saturated heterocycles. The van der Waals surface area contributed by atoms with Crippen molar-refractivity contribution in [3.8, 4) is 0 Å². The predicted octanol–water partition coefficient (Wildman–Crippen LogP) is 6.51. The molecule has 2 rings (SSSR count). The summed E-state index contributed by atoms with van der Waals surface area (Å²) in [7, 11) is 0. The minimum Gasteiger partial charge on any atom is -0.323 e. The maximum Gasteiger partial charge on any atom is 0.237 e. The summed E-state index contributed by atoms with van der Waals surface area (Å²) in [6, 6.07) is 3.07. The Morgan fingerprint density at radius 2 is 1.88 bits per heavy atom. The van der Waals surface area contributed by atoms with Crippen molar-refractivity contribution in [3.63, 3.8) is 0 Å². The largest absolute Gasteiger partial charge is 0.323 e. The summed E-state index contributed by atoms with van der Waals surface area (Å²) in [4.78, 5) is 12.4. The molecule has 0 spiro atoms. The number of rotatable bonds is 8. The molecule has 0 bridgehead atoms. The number of hydrogen-bond acceptors (Lipinski definition) is 6. The van der Waals surface area contributed by atoms with Crippen molar-refractivity contribution in [2.75, 3.05) is 11.1 Å². The first-order chi connectivity index (χ1) is 11.9. The second kappa shape index (κ2) is 10.2. The highest BCUT2D eigenvalue weighted by molar-refractivity contribution is 8.03. The van der Waals surface area contributed by atoms with Gasteiger partial charge in [0.05, 0.1) is 21.0 Å². The molecule has 0 radical (unpaired) electrons. The van der Waals surface area contributed by atoms with Crippen LogP contribution in [0.2, 0.25) is 15.1 Å². The van der Waals surface area contributed by atoms with E-state index in [1.807, 2.05) is 0 Å². The van der Waals surface area contributed by atoms with Gasteiger partial charge in [0, 0.05) is 10.8 Å². The molecule has 0 aliphatic heterocycles. The Kier molecular flexibility index (Phi) is 8.64. The van der Waals surface area contributed by atoms with Gasteiger partial charge >= 0.3 is 0 Å². The van der Waals surface area contributed by atoms with Crippen LogP contribution in [-0.4, -0.2) is 27.1 Å². The van der Waals surface area contributed by atoms with Crippen molar-refractivity contribution in [1.29, 1.82) is 0 Å². The van der Waals surface area contributed by atoms with Gasteiger partial charge in [-0.15, -0.1) is 10.2 Å². The smallest absolute Gasteiger partial charge is 0.237 e. The fourth-order valence-electron chi connectivity index (χ4n) is 1.70. The molecule has 0 fully saturated rings. The zero-order valence-corrected chi connectivity index (χ0v) is 18.2. The summed E-state index contributed by atoms with van der Waals surface area (Å²) in [5.41, 5.74) is 0.359. The Morgan fingerprint density at radius 1 is 1.24 bits per heavy atom. The van der Waals surface area contributed by atoms with Gasteiger partial charge in [0.2, 0.25) is 5.91 Å². The molecule has 1 N–H and O–H groups in total. The normalized spacial score (nSPS) is 12.2. The Morgan fingerprint density at radius 3 is 2.52 bits per heavy atom. The van der Waals surface area contributed by atoms with E-state index in [0.717, 1.165) is 27.3 Å². The van der Waals surface area contributed by atoms with E-state index < -0.39 is 0 Å². The maximum atomic E-state index is 12.4. The first kappa shape index (κ1) is 21.1. The van der Waals surface area contributed by atoms with Gasteiger partial charge in [-0.3, -0.25) is 4.79 Å². The molecule has 1 amide bonds. The van der Waals surface area contributed by atoms with Gasteiger partial charge < -0.3 is 5.32 Å². The number of benzene rings is 1. The molecule has 1 heterocycles. The average molecular weight is 457 g/mol. The number of nitrogens with one attached hydrogen (secondary N) is 1. The Bertz CT molecular complexity index is 719. The van der Waals surface area contributed by atoms with Crippen molar-refractivity contribution in [2.45, 2.75) is 40.6 Å². The molecule has 1 unspecified atom stereocenters. The highest BCUT2D eigenvalue weighted by Gasteiger charge is 2.20. The van der Waals surface area contributed by atoms with E-state index in [-0.39, 0.29) is 11.2 Å². The molecule has 4 nitrogen and oxygen atoms in total. The van der Waals surface area contributed by atoms with Crippen LogP contribution in [0.15, 0.2) is 20.8 Å². The Hall–Kier alpha value is -0.180. The third-order valence-corrected chi connectivity index (χ3v) is 7.15. The van der Waals surface area contributed by atoms with Crippen LogP contribution in [0, 0.1) is 0 Å². The molecule has 0 aliphatic rings. The molecular weight excluding hydrogens is 441 g/mol. The zero-order valence-electron chi connectivity index (χ0n) is 13.5. The van der Waals surface area contributed by atoms with Crippen molar-refractivity contribution >= 4 is 81.3 Å². The lowest BCUT2D eigenvalue weighted by atomic mass is 10.3. The summed E-state index contributed by atoms with van der Waals surface area (Å²) in [6.07, 6.45) is 2.30. The fourth-order valence-corrected chi connectivity index (χ4v) is 5.93. The topological polar surface area (TPSA) is 54.9 Å². The van der Waals surface area contributed by atoms with Crippen LogP contribution in [0.4, 0.5) is 5.69 Å². The van der Waals surface area contributed by atoms with Crippen molar-refractivity contribution in [2.24, 2.45) is 0 Å². The van der Waals surface area contributed by atoms with Crippen LogP contribution in [0.3, 0.4) is 0 Å². The van der Waals surface area contributed by atoms with Crippen molar-refractivity contribution in [1.82, 2.24) is 10.2 Å². The zero-order chi connectivity index (χ0) is 18.4. The number of amides is 1. The molecule has 0 aliphatic carbocycles. The lowest BCUT2D eigenvalue weighted by Gasteiger charge is -2.13. The molecule has 0 saturated carbocycles. The van der Waals surface area contributed by atoms with Gasteiger partial charge in [0.25, 0.3) is 0 Å². The van der Waals surface area contributed by atoms with Gasteiger partial charge in [0.15, 0.2) is 8.68 Å². The molecule has 25 heavy (non-hydrogen) atoms. The fraction of sp³-hybridized carbons (Fsp3) is 0.400. The van der Waals surface area contributed by atoms with E-state index in [0.29, 0.717) is 20.8 Å². The number of aromatic nitrogens is 2. The summed E-state index contributed by atoms with van der Waals surface area (Å²) in [5.74, 6) is 0.811. The predicted molar refractivity (Wildman–Crippen MR) is 111 cm³/mol. The van der Waals surface area contributed by atoms with E-state index >= 15 is 0 Å². The second-order valence-corrected chi connectivity index (χ2v) is 10.2. The number of anilines is 1. The molecule has 1 aromatic heterocycles. The first-order valence-electron chi connectivity index (χ1n) is 7.49. The summed E-state index contributed by atoms with van der Waals surface area (Å²) in [6.45, 7) is 3.95. The van der Waals surface area contributed by atoms with E-state index in [1.165, 1.54) is 35.2 Å². The third-order valence-electron chi connectivity index (χ3n) is 3.01. The summed E-state index contributed by atoms with van der Waals surface area (Å²) in [5, 5.41) is 11.7. The maximum absolute atomic E-state index is 12.4. The molecule has 136 valence electrons. The first-order valence-corrected chi connectivity index (χ1v) is 11.3. The standard InChI is InChI=1S/C15H16Cl3N3OS3/c1-3-4-5-23-14-20-21-15(25-14)24-8(2)13(22)19-12-10(17)6-9(16)7-11(12)18/h6-8H,3-5H2,1-2H3,(H,19,22). The van der Waals surface area contributed by atoms with Crippen molar-refractivity contribution in [3.05, 3.63) is 27.2 Å². The quantitative estimate of drug-likeness (QED) is 0.362. The summed E-state index contributed by atoms with van der Waals surface area (Å²) >= 11 is 22.6. The van der Waals surface area contributed by atoms with E-state index in [1.54, 1.807) is 18.7 Å². The average Bonchev–Trinajstić information content (AvgIpc) is 2.98. The number of unbranched alkanes of at least 4 members (excludes halogenated alkanes) is 1. The van der Waals surface area contributed by atoms with Gasteiger partial charge in [-0.05, 0) is 25.5 Å². The second-order valence-electron chi connectivity index (χ2n) is 5.03. The highest BCUT2D eigenvalue weighted by Crippen LogP contribution is 2.35. The highest BCUT2D eigenvalue weighted by atomic mass is 35.5. The summed E-state index contributed by atoms with van der Waals surface area (Å²) < 4.78 is 1.68. The molecular formula is C15H16Cl3N3OS3. The van der Waals surface area contributed by atoms with Gasteiger partial charge in [0.1, 0.15) is 0 Å². The molecule has 1 aromatic carbocycles. The number of halogens is 3. The number of nitrogens with zero attached hydrogens (tertiary/aromatic N) is 2. The van der Waals surface area contributed by atoms with Crippen LogP contribution in [0.5, 0.6) is 0 Å². The lowest BCUT2D eigenvalue weighted by Crippen LogP contribution is -2.22. The van der Waals surface area contributed by atoms with Crippen LogP contribution < -0.4 is 5.32 Å². The van der Waals surface area contributed by atoms with Gasteiger partial charge in [-0.2, -0.15) is 0 Å². The molecule has 1 atom stereocenters. The Labute approximate surface area is 174 Å². The van der Waals surface area contributed by atoms with Crippen LogP contribution >= 0.6 is 69.7 Å². The third kappa shape index (κ3) is 6.48.